The van der Waals surface area contributed by atoms with Gasteiger partial charge in [-0.3, -0.25) is 32.9 Å². The number of phenols is 1. The molecule has 0 radical (unpaired) electrons. The average molecular weight is 1140 g/mol. The number of nitrogens with zero attached hydrogens (tertiary/aromatic N) is 1. The van der Waals surface area contributed by atoms with Gasteiger partial charge in [-0.1, -0.05) is 59.1 Å². The van der Waals surface area contributed by atoms with Crippen LogP contribution in [-0.4, -0.2) is 148 Å². The van der Waals surface area contributed by atoms with Crippen LogP contribution in [0.4, 0.5) is 0 Å². The lowest BCUT2D eigenvalue weighted by atomic mass is 10.0. The van der Waals surface area contributed by atoms with Gasteiger partial charge < -0.3 is 38.2 Å². The lowest BCUT2D eigenvalue weighted by Crippen LogP contribution is -2.38. The molecule has 70 heavy (non-hydrogen) atoms. The van der Waals surface area contributed by atoms with E-state index in [1.807, 2.05) is 36.4 Å². The van der Waals surface area contributed by atoms with Gasteiger partial charge in [0.1, 0.15) is 11.5 Å². The molecule has 2 saturated heterocycles. The number of esters is 3. The maximum Gasteiger partial charge on any atom is 0.376 e. The highest BCUT2D eigenvalue weighted by atomic mass is 35.6. The van der Waals surface area contributed by atoms with Crippen molar-refractivity contribution < 1.29 is 92.2 Å². The summed E-state index contributed by atoms with van der Waals surface area (Å²) in [6, 6.07) is 15.2. The van der Waals surface area contributed by atoms with E-state index < -0.39 is 72.2 Å². The summed E-state index contributed by atoms with van der Waals surface area (Å²) < 4.78 is 104. The fourth-order valence-electron chi connectivity index (χ4n) is 5.66. The number of aromatic hydroxyl groups is 1. The molecule has 0 saturated carbocycles. The van der Waals surface area contributed by atoms with Gasteiger partial charge in [-0.15, -0.1) is 0 Å². The SMILES string of the molecule is CCOC(=O)C(C)OP(C)(=O)O.CCOC(=O)C(C)OP(C)(=O)OS(=O)(=O)C(Cl)(Cl)Cl.CCOC(=O)C(C)OP(C)(=O)Oc1cccc(CC2CCOCN2)c1.Oc1cccc(CN2CCOCC2)c1. The molecule has 22 nitrogen and oxygen atoms in total. The Hall–Kier alpha value is -2.40. The van der Waals surface area contributed by atoms with Gasteiger partial charge in [0.25, 0.3) is 0 Å². The zero-order valence-electron chi connectivity index (χ0n) is 40.5. The number of phenolic OH excluding ortho intramolecular Hbond substituents is 1. The molecule has 7 unspecified atom stereocenters. The summed E-state index contributed by atoms with van der Waals surface area (Å²) in [6.07, 6.45) is -1.48. The minimum absolute atomic E-state index is 0.0772. The normalized spacial score (nSPS) is 19.1. The molecule has 2 aromatic rings. The molecule has 2 fully saturated rings. The third kappa shape index (κ3) is 28.7. The van der Waals surface area contributed by atoms with Gasteiger partial charge in [-0.25, -0.2) is 18.9 Å². The van der Waals surface area contributed by atoms with Crippen LogP contribution in [0.15, 0.2) is 48.5 Å². The molecule has 4 rings (SSSR count). The molecule has 29 heteroatoms. The molecule has 0 aliphatic carbocycles. The Morgan fingerprint density at radius 1 is 0.771 bits per heavy atom. The number of carbonyl (C=O) groups is 3. The fraction of sp³-hybridized carbons (Fsp3) is 0.634. The molecule has 402 valence electrons. The molecule has 0 spiro atoms. The minimum atomic E-state index is -4.78. The van der Waals surface area contributed by atoms with Crippen molar-refractivity contribution in [1.82, 2.24) is 10.2 Å². The summed E-state index contributed by atoms with van der Waals surface area (Å²) in [7, 11) is -16.0. The molecule has 0 bridgehead atoms. The molecule has 0 amide bonds. The molecular formula is C41H66Cl3N2O20P3S. The van der Waals surface area contributed by atoms with Crippen LogP contribution in [0.3, 0.4) is 0 Å². The van der Waals surface area contributed by atoms with Crippen LogP contribution in [0.5, 0.6) is 11.5 Å². The summed E-state index contributed by atoms with van der Waals surface area (Å²) >= 11 is 15.4. The van der Waals surface area contributed by atoms with E-state index in [1.165, 1.54) is 27.4 Å². The van der Waals surface area contributed by atoms with Crippen LogP contribution in [0.2, 0.25) is 0 Å². The van der Waals surface area contributed by atoms with Crippen LogP contribution < -0.4 is 9.84 Å². The van der Waals surface area contributed by atoms with Gasteiger partial charge in [-0.2, -0.15) is 12.4 Å². The maximum absolute atomic E-state index is 12.5. The van der Waals surface area contributed by atoms with Gasteiger partial charge in [0.05, 0.1) is 39.8 Å². The molecule has 2 aliphatic rings. The largest absolute Gasteiger partial charge is 0.508 e. The van der Waals surface area contributed by atoms with E-state index in [0.29, 0.717) is 24.3 Å². The Morgan fingerprint density at radius 3 is 1.74 bits per heavy atom. The molecular weight excluding hydrogens is 1070 g/mol. The topological polar surface area (TPSA) is 285 Å². The Labute approximate surface area is 425 Å². The number of nitrogens with one attached hydrogen (secondary N) is 1. The highest BCUT2D eigenvalue weighted by Gasteiger charge is 2.44. The highest BCUT2D eigenvalue weighted by molar-refractivity contribution is 7.96. The summed E-state index contributed by atoms with van der Waals surface area (Å²) in [5.41, 5.74) is 2.22. The first-order valence-electron chi connectivity index (χ1n) is 21.6. The second-order valence-corrected chi connectivity index (χ2v) is 25.6. The van der Waals surface area contributed by atoms with Crippen LogP contribution in [0, 0.1) is 0 Å². The van der Waals surface area contributed by atoms with Gasteiger partial charge >= 0.3 is 53.9 Å². The van der Waals surface area contributed by atoms with E-state index >= 15 is 0 Å². The molecule has 7 atom stereocenters. The molecule has 2 heterocycles. The number of hydrogen-bond acceptors (Lipinski definition) is 21. The number of morpholine rings is 1. The standard InChI is InChI=1S/C17H26NO6P.C11H15NO2.C7H12Cl3O7PS.C6H13O5P/c1-4-22-17(19)13(2)23-25(3,20)24-16-7-5-6-14(11-16)10-15-8-9-21-12-18-15;13-11-3-1-2-10(8-11)9-12-4-6-14-7-5-12;1-4-15-6(11)5(2)16-18(3,12)17-19(13,14)7(8,9)10;1-4-10-6(7)5(2)11-12(3,8)9/h5-7,11,13,15,18H,4,8-10,12H2,1-3H3;1-3,8,13H,4-7,9H2;5H,4H2,1-3H3;5H,4H2,1-3H3,(H,8,9). The van der Waals surface area contributed by atoms with E-state index in [0.717, 1.165) is 76.8 Å². The number of benzene rings is 2. The third-order valence-corrected chi connectivity index (χ3v) is 15.4. The predicted octanol–water partition coefficient (Wildman–Crippen LogP) is 7.18. The maximum atomic E-state index is 12.5. The zero-order chi connectivity index (χ0) is 53.3. The minimum Gasteiger partial charge on any atom is -0.508 e. The van der Waals surface area contributed by atoms with Crippen LogP contribution in [0.1, 0.15) is 59.1 Å². The van der Waals surface area contributed by atoms with Crippen molar-refractivity contribution in [3.05, 3.63) is 59.7 Å². The number of rotatable bonds is 20. The Bertz CT molecular complexity index is 2170. The molecule has 0 aromatic heterocycles. The van der Waals surface area contributed by atoms with Crippen LogP contribution >= 0.6 is 57.6 Å². The van der Waals surface area contributed by atoms with Crippen molar-refractivity contribution in [1.29, 1.82) is 0 Å². The number of halogens is 3. The highest BCUT2D eigenvalue weighted by Crippen LogP contribution is 2.51. The smallest absolute Gasteiger partial charge is 0.376 e. The first kappa shape index (κ1) is 65.6. The second kappa shape index (κ2) is 32.0. The van der Waals surface area contributed by atoms with Crippen molar-refractivity contribution in [3.63, 3.8) is 0 Å². The van der Waals surface area contributed by atoms with Gasteiger partial charge in [0.15, 0.2) is 18.3 Å². The predicted molar refractivity (Wildman–Crippen MR) is 262 cm³/mol. The van der Waals surface area contributed by atoms with E-state index in [-0.39, 0.29) is 19.8 Å². The summed E-state index contributed by atoms with van der Waals surface area (Å²) in [6.45, 7) is 18.5. The first-order chi connectivity index (χ1) is 32.4. The van der Waals surface area contributed by atoms with Gasteiger partial charge in [-0.05, 0) is 89.8 Å². The summed E-state index contributed by atoms with van der Waals surface area (Å²) in [4.78, 5) is 44.7. The molecule has 2 aromatic carbocycles. The third-order valence-electron chi connectivity index (χ3n) is 8.58. The average Bonchev–Trinajstić information content (AvgIpc) is 3.23. The van der Waals surface area contributed by atoms with E-state index in [2.05, 4.69) is 32.7 Å². The van der Waals surface area contributed by atoms with Crippen molar-refractivity contribution >= 4 is 85.6 Å². The molecule has 2 aliphatic heterocycles. The summed E-state index contributed by atoms with van der Waals surface area (Å²) in [5.74, 6) is -1.23. The summed E-state index contributed by atoms with van der Waals surface area (Å²) in [5, 5.41) is 12.6. The first-order valence-corrected chi connectivity index (χ1v) is 30.2. The Balaban J connectivity index is 0.000000486. The number of alkyl halides is 3. The van der Waals surface area contributed by atoms with Crippen molar-refractivity contribution in [3.8, 4) is 11.5 Å². The Morgan fingerprint density at radius 2 is 1.27 bits per heavy atom. The van der Waals surface area contributed by atoms with Crippen molar-refractivity contribution in [2.45, 2.75) is 88.4 Å². The van der Waals surface area contributed by atoms with Crippen LogP contribution in [-0.2, 0) is 92.4 Å². The van der Waals surface area contributed by atoms with Crippen LogP contribution in [0.25, 0.3) is 0 Å². The fourth-order valence-corrected chi connectivity index (χ4v) is 10.9. The Kier molecular flexibility index (Phi) is 30.0. The zero-order valence-corrected chi connectivity index (χ0v) is 46.3. The number of ether oxygens (including phenoxy) is 5. The lowest BCUT2D eigenvalue weighted by molar-refractivity contribution is -0.151. The number of hydrogen-bond donors (Lipinski definition) is 3. The monoisotopic (exact) mass is 1140 g/mol. The van der Waals surface area contributed by atoms with Gasteiger partial charge in [0, 0.05) is 52.3 Å². The number of carbonyl (C=O) groups excluding carboxylic acids is 3. The lowest BCUT2D eigenvalue weighted by Gasteiger charge is -2.26. The van der Waals surface area contributed by atoms with Gasteiger partial charge in [0.2, 0.25) is 0 Å². The van der Waals surface area contributed by atoms with E-state index in [9.17, 15) is 41.6 Å². The van der Waals surface area contributed by atoms with E-state index in [4.69, 9.17) is 63.0 Å². The molecule has 3 N–H and O–H groups in total. The quantitative estimate of drug-likeness (QED) is 0.0512. The van der Waals surface area contributed by atoms with E-state index in [1.54, 1.807) is 32.9 Å². The van der Waals surface area contributed by atoms with Crippen molar-refractivity contribution in [2.24, 2.45) is 0 Å². The second-order valence-electron chi connectivity index (χ2n) is 15.1. The van der Waals surface area contributed by atoms with Crippen molar-refractivity contribution in [2.75, 3.05) is 79.5 Å².